The summed E-state index contributed by atoms with van der Waals surface area (Å²) in [4.78, 5) is 19.7. The van der Waals surface area contributed by atoms with Gasteiger partial charge in [-0.1, -0.05) is 0 Å². The van der Waals surface area contributed by atoms with Crippen LogP contribution in [0.5, 0.6) is 11.5 Å². The van der Waals surface area contributed by atoms with Crippen molar-refractivity contribution in [1.82, 2.24) is 14.5 Å². The third-order valence-corrected chi connectivity index (χ3v) is 6.03. The topological polar surface area (TPSA) is 87.1 Å². The Kier molecular flexibility index (Phi) is 5.36. The summed E-state index contributed by atoms with van der Waals surface area (Å²) in [7, 11) is 4.77. The molecular weight excluding hydrogens is 412 g/mol. The normalized spacial score (nSPS) is 17.7. The Hall–Kier alpha value is -3.30. The second-order valence-corrected chi connectivity index (χ2v) is 7.85. The molecule has 3 heterocycles. The highest BCUT2D eigenvalue weighted by Gasteiger charge is 2.36. The Bertz CT molecular complexity index is 1170. The van der Waals surface area contributed by atoms with E-state index < -0.39 is 12.2 Å². The summed E-state index contributed by atoms with van der Waals surface area (Å²) >= 11 is 0. The van der Waals surface area contributed by atoms with E-state index >= 15 is 0 Å². The Morgan fingerprint density at radius 2 is 2.03 bits per heavy atom. The van der Waals surface area contributed by atoms with Gasteiger partial charge in [-0.2, -0.15) is 0 Å². The molecule has 0 amide bonds. The van der Waals surface area contributed by atoms with Gasteiger partial charge in [0.25, 0.3) is 0 Å². The number of fused-ring (bicyclic) bond motifs is 4. The summed E-state index contributed by atoms with van der Waals surface area (Å²) in [6, 6.07) is 9.64. The number of nitrogens with one attached hydrogen (secondary N) is 1. The van der Waals surface area contributed by atoms with Crippen molar-refractivity contribution in [3.8, 4) is 11.5 Å². The van der Waals surface area contributed by atoms with Crippen molar-refractivity contribution < 1.29 is 23.7 Å². The number of carbonyl (C=O) groups excluding carboxylic acids is 1. The summed E-state index contributed by atoms with van der Waals surface area (Å²) in [6.07, 6.45) is -0.614. The van der Waals surface area contributed by atoms with E-state index in [4.69, 9.17) is 23.9 Å². The van der Waals surface area contributed by atoms with Crippen LogP contribution in [0.1, 0.15) is 28.0 Å². The molecule has 32 heavy (non-hydrogen) atoms. The smallest absolute Gasteiger partial charge is 0.344 e. The minimum absolute atomic E-state index is 0.384. The van der Waals surface area contributed by atoms with Crippen LogP contribution in [0.2, 0.25) is 0 Å². The third kappa shape index (κ3) is 3.43. The number of anilines is 1. The molecule has 0 saturated carbocycles. The molecule has 0 spiro atoms. The van der Waals surface area contributed by atoms with Crippen LogP contribution in [-0.2, 0) is 22.6 Å². The van der Waals surface area contributed by atoms with E-state index in [0.29, 0.717) is 29.2 Å². The van der Waals surface area contributed by atoms with Gasteiger partial charge >= 0.3 is 5.97 Å². The van der Waals surface area contributed by atoms with Crippen LogP contribution in [0.3, 0.4) is 0 Å². The van der Waals surface area contributed by atoms with E-state index in [1.807, 2.05) is 18.2 Å². The number of hydrogen-bond acceptors (Lipinski definition) is 8. The summed E-state index contributed by atoms with van der Waals surface area (Å²) in [5.74, 6) is 1.49. The molecule has 2 aliphatic heterocycles. The van der Waals surface area contributed by atoms with Crippen molar-refractivity contribution in [2.24, 2.45) is 0 Å². The second-order valence-electron chi connectivity index (χ2n) is 7.85. The molecule has 0 fully saturated rings. The molecule has 2 aromatic carbocycles. The van der Waals surface area contributed by atoms with Crippen LogP contribution in [0, 0.1) is 0 Å². The van der Waals surface area contributed by atoms with Crippen LogP contribution in [0.4, 0.5) is 5.69 Å². The summed E-state index contributed by atoms with van der Waals surface area (Å²) in [5.41, 5.74) is 3.94. The monoisotopic (exact) mass is 438 g/mol. The highest BCUT2D eigenvalue weighted by atomic mass is 16.6. The van der Waals surface area contributed by atoms with Crippen molar-refractivity contribution in [3.63, 3.8) is 0 Å². The highest BCUT2D eigenvalue weighted by molar-refractivity contribution is 5.98. The predicted molar refractivity (Wildman–Crippen MR) is 118 cm³/mol. The fourth-order valence-electron chi connectivity index (χ4n) is 4.43. The van der Waals surface area contributed by atoms with Gasteiger partial charge in [-0.05, 0) is 30.3 Å². The molecule has 0 bridgehead atoms. The van der Waals surface area contributed by atoms with Crippen molar-refractivity contribution in [2.75, 3.05) is 46.3 Å². The molecule has 5 rings (SSSR count). The molecule has 0 aliphatic carbocycles. The largest absolute Gasteiger partial charge is 0.493 e. The van der Waals surface area contributed by atoms with Gasteiger partial charge in [0.05, 0.1) is 38.4 Å². The number of aromatic nitrogens is 2. The van der Waals surface area contributed by atoms with E-state index in [1.165, 1.54) is 14.2 Å². The second kappa shape index (κ2) is 8.33. The van der Waals surface area contributed by atoms with Crippen molar-refractivity contribution >= 4 is 22.7 Å². The Morgan fingerprint density at radius 3 is 2.81 bits per heavy atom. The minimum atomic E-state index is -0.614. The van der Waals surface area contributed by atoms with Crippen molar-refractivity contribution in [2.45, 2.75) is 19.3 Å². The number of carbonyl (C=O) groups is 1. The van der Waals surface area contributed by atoms with Gasteiger partial charge in [0, 0.05) is 38.0 Å². The van der Waals surface area contributed by atoms with Crippen LogP contribution in [0.15, 0.2) is 30.3 Å². The Morgan fingerprint density at radius 1 is 1.16 bits per heavy atom. The van der Waals surface area contributed by atoms with Crippen LogP contribution in [0.25, 0.3) is 11.0 Å². The number of ether oxygens (including phenoxy) is 4. The molecule has 0 radical (unpaired) electrons. The van der Waals surface area contributed by atoms with Crippen LogP contribution < -0.4 is 14.8 Å². The zero-order valence-electron chi connectivity index (χ0n) is 18.4. The molecule has 0 saturated heterocycles. The molecule has 9 heteroatoms. The first-order valence-corrected chi connectivity index (χ1v) is 10.6. The lowest BCUT2D eigenvalue weighted by atomic mass is 10.1. The van der Waals surface area contributed by atoms with Gasteiger partial charge in [-0.25, -0.2) is 9.78 Å². The fraction of sp³-hybridized carbons (Fsp3) is 0.391. The minimum Gasteiger partial charge on any atom is -0.493 e. The standard InChI is InChI=1S/C23H26N4O5/c1-29-11-10-26-8-9-27-17-6-4-14(12-16(17)25-19(27)13-26)24-22-15-5-7-18(30-2)21(31-3)20(15)23(28)32-22/h4-7,12,22,24H,8-11,13H2,1-3H3/t22-/m1/s1. The first-order valence-electron chi connectivity index (χ1n) is 10.6. The third-order valence-electron chi connectivity index (χ3n) is 6.03. The number of imidazole rings is 1. The average molecular weight is 438 g/mol. The Labute approximate surface area is 185 Å². The SMILES string of the molecule is COCCN1CCn2c(nc3cc(N[C@@H]4OC(=O)c5c4ccc(OC)c5OC)ccc32)C1. The van der Waals surface area contributed by atoms with E-state index in [-0.39, 0.29) is 0 Å². The maximum Gasteiger partial charge on any atom is 0.344 e. The molecular formula is C23H26N4O5. The predicted octanol–water partition coefficient (Wildman–Crippen LogP) is 2.80. The molecule has 168 valence electrons. The van der Waals surface area contributed by atoms with Gasteiger partial charge in [0.2, 0.25) is 6.23 Å². The van der Waals surface area contributed by atoms with Gasteiger partial charge in [-0.15, -0.1) is 0 Å². The van der Waals surface area contributed by atoms with E-state index in [9.17, 15) is 4.79 Å². The van der Waals surface area contributed by atoms with Gasteiger partial charge in [0.1, 0.15) is 11.4 Å². The fourth-order valence-corrected chi connectivity index (χ4v) is 4.43. The molecule has 9 nitrogen and oxygen atoms in total. The van der Waals surface area contributed by atoms with Gasteiger partial charge in [0.15, 0.2) is 11.5 Å². The molecule has 2 aliphatic rings. The number of benzene rings is 2. The van der Waals surface area contributed by atoms with E-state index in [1.54, 1.807) is 13.2 Å². The molecule has 1 aromatic heterocycles. The lowest BCUT2D eigenvalue weighted by molar-refractivity contribution is 0.0435. The van der Waals surface area contributed by atoms with Crippen molar-refractivity contribution in [3.05, 3.63) is 47.3 Å². The number of rotatable bonds is 7. The maximum absolute atomic E-state index is 12.5. The van der Waals surface area contributed by atoms with Crippen LogP contribution in [-0.4, -0.2) is 61.4 Å². The quantitative estimate of drug-likeness (QED) is 0.564. The lowest BCUT2D eigenvalue weighted by Gasteiger charge is -2.27. The molecule has 0 unspecified atom stereocenters. The first kappa shape index (κ1) is 20.6. The average Bonchev–Trinajstić information content (AvgIpc) is 3.33. The number of hydrogen-bond donors (Lipinski definition) is 1. The zero-order chi connectivity index (χ0) is 22.2. The molecule has 1 atom stereocenters. The summed E-state index contributed by atoms with van der Waals surface area (Å²) < 4.78 is 23.8. The van der Waals surface area contributed by atoms with Crippen LogP contribution >= 0.6 is 0 Å². The molecule has 1 N–H and O–H groups in total. The zero-order valence-corrected chi connectivity index (χ0v) is 18.4. The number of esters is 1. The maximum atomic E-state index is 12.5. The number of nitrogens with zero attached hydrogens (tertiary/aromatic N) is 3. The number of methoxy groups -OCH3 is 3. The lowest BCUT2D eigenvalue weighted by Crippen LogP contribution is -2.35. The Balaban J connectivity index is 1.40. The highest BCUT2D eigenvalue weighted by Crippen LogP contribution is 2.42. The first-order chi connectivity index (χ1) is 15.6. The molecule has 3 aromatic rings. The summed E-state index contributed by atoms with van der Waals surface area (Å²) in [5, 5.41) is 3.31. The number of cyclic esters (lactones) is 1. The van der Waals surface area contributed by atoms with Gasteiger partial charge in [-0.3, -0.25) is 4.90 Å². The van der Waals surface area contributed by atoms with E-state index in [2.05, 4.69) is 20.9 Å². The van der Waals surface area contributed by atoms with Crippen molar-refractivity contribution in [1.29, 1.82) is 0 Å². The van der Waals surface area contributed by atoms with E-state index in [0.717, 1.165) is 48.7 Å². The summed E-state index contributed by atoms with van der Waals surface area (Å²) in [6.45, 7) is 4.29. The van der Waals surface area contributed by atoms with Gasteiger partial charge < -0.3 is 28.8 Å².